The Morgan fingerprint density at radius 2 is 1.62 bits per heavy atom. The van der Waals surface area contributed by atoms with Gasteiger partial charge in [-0.05, 0) is 20.8 Å². The number of carbonyl (C=O) groups is 3. The number of rotatable bonds is 4. The van der Waals surface area contributed by atoms with E-state index in [0.717, 1.165) is 0 Å². The quantitative estimate of drug-likeness (QED) is 0.362. The first-order valence-electron chi connectivity index (χ1n) is 4.35. The van der Waals surface area contributed by atoms with E-state index in [2.05, 4.69) is 11.3 Å². The summed E-state index contributed by atoms with van der Waals surface area (Å²) in [7, 11) is 0. The van der Waals surface area contributed by atoms with Crippen LogP contribution >= 0.6 is 0 Å². The molecule has 0 bridgehead atoms. The van der Waals surface area contributed by atoms with Crippen LogP contribution in [0.25, 0.3) is 0 Å². The summed E-state index contributed by atoms with van der Waals surface area (Å²) in [5.74, 6) is -1.53. The van der Waals surface area contributed by atoms with E-state index in [1.807, 2.05) is 0 Å². The van der Waals surface area contributed by atoms with Gasteiger partial charge in [0.05, 0.1) is 6.61 Å². The molecule has 0 aliphatic carbocycles. The van der Waals surface area contributed by atoms with E-state index in [9.17, 15) is 14.4 Å². The fourth-order valence-corrected chi connectivity index (χ4v) is 0.415. The van der Waals surface area contributed by atoms with Crippen LogP contribution in [0.4, 0.5) is 0 Å². The van der Waals surface area contributed by atoms with Crippen LogP contribution in [-0.2, 0) is 36.2 Å². The van der Waals surface area contributed by atoms with Gasteiger partial charge in [0.1, 0.15) is 12.2 Å². The number of hydrogen-bond acceptors (Lipinski definition) is 4. The molecule has 5 nitrogen and oxygen atoms in total. The molecule has 97 valence electrons. The van der Waals surface area contributed by atoms with E-state index in [4.69, 9.17) is 5.11 Å². The molecule has 6 heteroatoms. The Morgan fingerprint density at radius 1 is 1.25 bits per heavy atom. The molecular formula is C10H16CuO5. The third-order valence-corrected chi connectivity index (χ3v) is 1.06. The van der Waals surface area contributed by atoms with Gasteiger partial charge in [0.15, 0.2) is 0 Å². The Hall–Kier alpha value is -1.13. The van der Waals surface area contributed by atoms with Gasteiger partial charge in [-0.2, -0.15) is 0 Å². The Bertz CT molecular complexity index is 248. The van der Waals surface area contributed by atoms with Gasteiger partial charge in [-0.25, -0.2) is 4.79 Å². The van der Waals surface area contributed by atoms with Gasteiger partial charge in [0.25, 0.3) is 0 Å². The van der Waals surface area contributed by atoms with Gasteiger partial charge in [0.2, 0.25) is 0 Å². The number of ketones is 1. The maximum absolute atomic E-state index is 10.4. The fraction of sp³-hybridized carbons (Fsp3) is 0.500. The molecule has 16 heavy (non-hydrogen) atoms. The summed E-state index contributed by atoms with van der Waals surface area (Å²) in [6.45, 7) is 8.01. The van der Waals surface area contributed by atoms with Crippen molar-refractivity contribution in [3.8, 4) is 0 Å². The molecule has 0 rings (SSSR count). The maximum Gasteiger partial charge on any atom is 0.330 e. The zero-order valence-electron chi connectivity index (χ0n) is 9.50. The Labute approximate surface area is 105 Å². The van der Waals surface area contributed by atoms with Crippen molar-refractivity contribution in [1.29, 1.82) is 0 Å². The molecule has 0 aliphatic rings. The number of carboxylic acid groups (broad SMARTS) is 1. The molecule has 0 aromatic rings. The first-order valence-corrected chi connectivity index (χ1v) is 4.35. The third kappa shape index (κ3) is 18.6. The molecule has 0 heterocycles. The van der Waals surface area contributed by atoms with Crippen molar-refractivity contribution < 1.29 is 41.3 Å². The third-order valence-electron chi connectivity index (χ3n) is 1.06. The molecule has 0 saturated carbocycles. The SMILES string of the molecule is C=C(C)C(=O)O.CCOC(=O)CC(C)=O.[Cu]. The molecule has 0 spiro atoms. The summed E-state index contributed by atoms with van der Waals surface area (Å²) >= 11 is 0. The minimum atomic E-state index is -0.935. The van der Waals surface area contributed by atoms with E-state index in [-0.39, 0.29) is 34.8 Å². The molecule has 0 saturated heterocycles. The van der Waals surface area contributed by atoms with Crippen molar-refractivity contribution in [1.82, 2.24) is 0 Å². The summed E-state index contributed by atoms with van der Waals surface area (Å²) in [6, 6.07) is 0. The second-order valence-electron chi connectivity index (χ2n) is 2.77. The number of aliphatic carboxylic acids is 1. The van der Waals surface area contributed by atoms with E-state index >= 15 is 0 Å². The molecule has 0 fully saturated rings. The monoisotopic (exact) mass is 279 g/mol. The van der Waals surface area contributed by atoms with Gasteiger partial charge in [-0.3, -0.25) is 9.59 Å². The number of ether oxygens (including phenoxy) is 1. The van der Waals surface area contributed by atoms with Crippen LogP contribution in [0.1, 0.15) is 27.2 Å². The van der Waals surface area contributed by atoms with Crippen molar-refractivity contribution in [3.05, 3.63) is 12.2 Å². The molecule has 0 amide bonds. The summed E-state index contributed by atoms with van der Waals surface area (Å²) in [4.78, 5) is 30.2. The van der Waals surface area contributed by atoms with Crippen LogP contribution in [-0.4, -0.2) is 29.4 Å². The van der Waals surface area contributed by atoms with E-state index in [1.165, 1.54) is 13.8 Å². The molecule has 1 N–H and O–H groups in total. The van der Waals surface area contributed by atoms with Gasteiger partial charge >= 0.3 is 11.9 Å². The van der Waals surface area contributed by atoms with Crippen molar-refractivity contribution in [3.63, 3.8) is 0 Å². The van der Waals surface area contributed by atoms with E-state index in [0.29, 0.717) is 6.61 Å². The zero-order chi connectivity index (χ0) is 12.4. The summed E-state index contributed by atoms with van der Waals surface area (Å²) in [6.07, 6.45) is -0.103. The summed E-state index contributed by atoms with van der Waals surface area (Å²) in [5, 5.41) is 7.89. The topological polar surface area (TPSA) is 80.7 Å². The minimum Gasteiger partial charge on any atom is -0.478 e. The first kappa shape index (κ1) is 20.3. The second-order valence-corrected chi connectivity index (χ2v) is 2.77. The molecule has 0 aromatic carbocycles. The average molecular weight is 280 g/mol. The van der Waals surface area contributed by atoms with Crippen molar-refractivity contribution >= 4 is 17.7 Å². The normalized spacial score (nSPS) is 7.69. The summed E-state index contributed by atoms with van der Waals surface area (Å²) in [5.41, 5.74) is 0.176. The first-order chi connectivity index (χ1) is 6.81. The maximum atomic E-state index is 10.4. The standard InChI is InChI=1S/C6H10O3.C4H6O2.Cu/c1-3-9-6(8)4-5(2)7;1-3(2)4(5)6;/h3-4H2,1-2H3;1H2,2H3,(H,5,6);. The van der Waals surface area contributed by atoms with E-state index in [1.54, 1.807) is 6.92 Å². The Balaban J connectivity index is -0.000000214. The van der Waals surface area contributed by atoms with Gasteiger partial charge in [-0.15, -0.1) is 0 Å². The van der Waals surface area contributed by atoms with Crippen molar-refractivity contribution in [2.75, 3.05) is 6.61 Å². The molecule has 0 aliphatic heterocycles. The van der Waals surface area contributed by atoms with Crippen LogP contribution in [0.5, 0.6) is 0 Å². The number of Topliss-reactive ketones (excluding diaryl/α,β-unsaturated/α-hetero) is 1. The largest absolute Gasteiger partial charge is 0.478 e. The molecule has 0 aromatic heterocycles. The molecule has 0 unspecified atom stereocenters. The van der Waals surface area contributed by atoms with Crippen LogP contribution in [0, 0.1) is 0 Å². The van der Waals surface area contributed by atoms with Crippen LogP contribution in [0.15, 0.2) is 12.2 Å². The zero-order valence-corrected chi connectivity index (χ0v) is 10.4. The number of carbonyl (C=O) groups excluding carboxylic acids is 2. The fourth-order valence-electron chi connectivity index (χ4n) is 0.415. The number of esters is 1. The predicted molar refractivity (Wildman–Crippen MR) is 54.4 cm³/mol. The number of carboxylic acids is 1. The van der Waals surface area contributed by atoms with Gasteiger partial charge in [0, 0.05) is 22.6 Å². The minimum absolute atomic E-state index is 0. The van der Waals surface area contributed by atoms with Crippen LogP contribution in [0.3, 0.4) is 0 Å². The van der Waals surface area contributed by atoms with Crippen LogP contribution < -0.4 is 0 Å². The van der Waals surface area contributed by atoms with Crippen LogP contribution in [0.2, 0.25) is 0 Å². The predicted octanol–water partition coefficient (Wildman–Crippen LogP) is 1.17. The average Bonchev–Trinajstić information content (AvgIpc) is 2.03. The smallest absolute Gasteiger partial charge is 0.330 e. The van der Waals surface area contributed by atoms with Crippen molar-refractivity contribution in [2.45, 2.75) is 27.2 Å². The van der Waals surface area contributed by atoms with Crippen molar-refractivity contribution in [2.24, 2.45) is 0 Å². The van der Waals surface area contributed by atoms with Gasteiger partial charge in [-0.1, -0.05) is 6.58 Å². The molecular weight excluding hydrogens is 264 g/mol. The molecule has 0 atom stereocenters. The Kier molecular flexibility index (Phi) is 15.2. The Morgan fingerprint density at radius 3 is 1.81 bits per heavy atom. The summed E-state index contributed by atoms with van der Waals surface area (Å²) < 4.78 is 4.49. The van der Waals surface area contributed by atoms with E-state index < -0.39 is 11.9 Å². The number of hydrogen-bond donors (Lipinski definition) is 1. The molecule has 1 radical (unpaired) electrons. The second kappa shape index (κ2) is 11.9. The van der Waals surface area contributed by atoms with Gasteiger partial charge < -0.3 is 9.84 Å².